The molecule has 0 aromatic heterocycles. The zero-order valence-electron chi connectivity index (χ0n) is 13.2. The summed E-state index contributed by atoms with van der Waals surface area (Å²) in [5.74, 6) is 2.11. The number of nitrogens with one attached hydrogen (secondary N) is 1. The second kappa shape index (κ2) is 7.40. The highest BCUT2D eigenvalue weighted by atomic mass is 79.9. The molecule has 2 rings (SSSR count). The Balaban J connectivity index is 2.22. The van der Waals surface area contributed by atoms with E-state index in [0.29, 0.717) is 18.0 Å². The van der Waals surface area contributed by atoms with E-state index in [-0.39, 0.29) is 0 Å². The van der Waals surface area contributed by atoms with Crippen LogP contribution in [-0.2, 0) is 6.54 Å². The number of methoxy groups -OCH3 is 3. The molecule has 2 aromatic rings. The Bertz CT molecular complexity index is 659. The van der Waals surface area contributed by atoms with Gasteiger partial charge in [0.2, 0.25) is 0 Å². The molecule has 0 heterocycles. The van der Waals surface area contributed by atoms with Crippen LogP contribution in [0.5, 0.6) is 17.2 Å². The summed E-state index contributed by atoms with van der Waals surface area (Å²) >= 11 is 3.50. The highest BCUT2D eigenvalue weighted by molar-refractivity contribution is 9.10. The van der Waals surface area contributed by atoms with E-state index in [1.54, 1.807) is 21.3 Å². The summed E-state index contributed by atoms with van der Waals surface area (Å²) in [5, 5.41) is 3.40. The van der Waals surface area contributed by atoms with E-state index in [0.717, 1.165) is 21.5 Å². The van der Waals surface area contributed by atoms with Crippen molar-refractivity contribution in [3.05, 3.63) is 45.9 Å². The van der Waals surface area contributed by atoms with Gasteiger partial charge in [-0.1, -0.05) is 15.9 Å². The van der Waals surface area contributed by atoms with Crippen LogP contribution in [0.15, 0.2) is 34.8 Å². The molecule has 22 heavy (non-hydrogen) atoms. The SMILES string of the molecule is COc1cc(OC)c(OC)cc1CNc1ccc(Br)c(C)c1. The predicted octanol–water partition coefficient (Wildman–Crippen LogP) is 4.40. The fourth-order valence-corrected chi connectivity index (χ4v) is 2.43. The van der Waals surface area contributed by atoms with Gasteiger partial charge < -0.3 is 19.5 Å². The van der Waals surface area contributed by atoms with Crippen LogP contribution in [0.3, 0.4) is 0 Å². The summed E-state index contributed by atoms with van der Waals surface area (Å²) in [6.45, 7) is 2.69. The smallest absolute Gasteiger partial charge is 0.164 e. The molecule has 0 saturated carbocycles. The van der Waals surface area contributed by atoms with Gasteiger partial charge in [-0.05, 0) is 36.8 Å². The van der Waals surface area contributed by atoms with Crippen molar-refractivity contribution < 1.29 is 14.2 Å². The van der Waals surface area contributed by atoms with Crippen molar-refractivity contribution in [2.45, 2.75) is 13.5 Å². The van der Waals surface area contributed by atoms with Gasteiger partial charge in [0.1, 0.15) is 5.75 Å². The summed E-state index contributed by atoms with van der Waals surface area (Å²) in [7, 11) is 4.88. The lowest BCUT2D eigenvalue weighted by molar-refractivity contribution is 0.347. The Labute approximate surface area is 139 Å². The van der Waals surface area contributed by atoms with Gasteiger partial charge >= 0.3 is 0 Å². The summed E-state index contributed by atoms with van der Waals surface area (Å²) in [6.07, 6.45) is 0. The third-order valence-corrected chi connectivity index (χ3v) is 4.32. The molecular formula is C17H20BrNO3. The quantitative estimate of drug-likeness (QED) is 0.823. The molecule has 0 fully saturated rings. The summed E-state index contributed by atoms with van der Waals surface area (Å²) in [5.41, 5.74) is 3.24. The highest BCUT2D eigenvalue weighted by Gasteiger charge is 2.11. The lowest BCUT2D eigenvalue weighted by Gasteiger charge is -2.15. The van der Waals surface area contributed by atoms with Crippen LogP contribution >= 0.6 is 15.9 Å². The van der Waals surface area contributed by atoms with Gasteiger partial charge in [-0.25, -0.2) is 0 Å². The Hall–Kier alpha value is -1.88. The largest absolute Gasteiger partial charge is 0.496 e. The molecule has 0 unspecified atom stereocenters. The molecule has 0 aliphatic carbocycles. The zero-order valence-corrected chi connectivity index (χ0v) is 14.8. The molecule has 4 nitrogen and oxygen atoms in total. The number of anilines is 1. The second-order valence-electron chi connectivity index (χ2n) is 4.84. The summed E-state index contributed by atoms with van der Waals surface area (Å²) in [4.78, 5) is 0. The number of hydrogen-bond donors (Lipinski definition) is 1. The van der Waals surface area contributed by atoms with Gasteiger partial charge in [-0.3, -0.25) is 0 Å². The van der Waals surface area contributed by atoms with Crippen molar-refractivity contribution in [1.29, 1.82) is 0 Å². The van der Waals surface area contributed by atoms with Crippen LogP contribution < -0.4 is 19.5 Å². The lowest BCUT2D eigenvalue weighted by Crippen LogP contribution is -2.03. The van der Waals surface area contributed by atoms with Crippen molar-refractivity contribution >= 4 is 21.6 Å². The Kier molecular flexibility index (Phi) is 5.55. The first-order valence-electron chi connectivity index (χ1n) is 6.88. The molecule has 0 saturated heterocycles. The van der Waals surface area contributed by atoms with Crippen LogP contribution in [0.2, 0.25) is 0 Å². The van der Waals surface area contributed by atoms with Crippen LogP contribution in [0, 0.1) is 6.92 Å². The van der Waals surface area contributed by atoms with Crippen LogP contribution in [0.25, 0.3) is 0 Å². The molecule has 0 bridgehead atoms. The second-order valence-corrected chi connectivity index (χ2v) is 5.69. The van der Waals surface area contributed by atoms with Gasteiger partial charge in [0.05, 0.1) is 21.3 Å². The Morgan fingerprint density at radius 1 is 0.909 bits per heavy atom. The van der Waals surface area contributed by atoms with E-state index in [2.05, 4.69) is 34.2 Å². The molecule has 5 heteroatoms. The Morgan fingerprint density at radius 2 is 1.55 bits per heavy atom. The molecule has 1 N–H and O–H groups in total. The lowest BCUT2D eigenvalue weighted by atomic mass is 10.1. The van der Waals surface area contributed by atoms with Gasteiger partial charge in [0.25, 0.3) is 0 Å². The Morgan fingerprint density at radius 3 is 2.14 bits per heavy atom. The minimum absolute atomic E-state index is 0.630. The molecular weight excluding hydrogens is 346 g/mol. The van der Waals surface area contributed by atoms with E-state index in [9.17, 15) is 0 Å². The maximum atomic E-state index is 5.44. The standard InChI is InChI=1S/C17H20BrNO3/c1-11-7-13(5-6-14(11)18)19-10-12-8-16(21-3)17(22-4)9-15(12)20-2/h5-9,19H,10H2,1-4H3. The highest BCUT2D eigenvalue weighted by Crippen LogP contribution is 2.35. The van der Waals surface area contributed by atoms with Gasteiger partial charge in [0.15, 0.2) is 11.5 Å². The van der Waals surface area contributed by atoms with E-state index < -0.39 is 0 Å². The third kappa shape index (κ3) is 3.65. The summed E-state index contributed by atoms with van der Waals surface area (Å²) in [6, 6.07) is 9.92. The minimum atomic E-state index is 0.630. The van der Waals surface area contributed by atoms with E-state index in [1.807, 2.05) is 24.3 Å². The van der Waals surface area contributed by atoms with E-state index >= 15 is 0 Å². The maximum absolute atomic E-state index is 5.44. The zero-order chi connectivity index (χ0) is 16.1. The van der Waals surface area contributed by atoms with E-state index in [4.69, 9.17) is 14.2 Å². The molecule has 0 amide bonds. The maximum Gasteiger partial charge on any atom is 0.164 e. The fraction of sp³-hybridized carbons (Fsp3) is 0.294. The molecule has 0 aliphatic rings. The molecule has 0 aliphatic heterocycles. The first kappa shape index (κ1) is 16.5. The van der Waals surface area contributed by atoms with Gasteiger partial charge in [0, 0.05) is 28.3 Å². The normalized spacial score (nSPS) is 10.2. The average Bonchev–Trinajstić information content (AvgIpc) is 2.55. The molecule has 118 valence electrons. The minimum Gasteiger partial charge on any atom is -0.496 e. The summed E-state index contributed by atoms with van der Waals surface area (Å²) < 4.78 is 17.2. The molecule has 0 atom stereocenters. The average molecular weight is 366 g/mol. The number of benzene rings is 2. The number of halogens is 1. The van der Waals surface area contributed by atoms with Crippen molar-refractivity contribution in [1.82, 2.24) is 0 Å². The van der Waals surface area contributed by atoms with Crippen molar-refractivity contribution in [3.63, 3.8) is 0 Å². The van der Waals surface area contributed by atoms with Crippen LogP contribution in [0.1, 0.15) is 11.1 Å². The molecule has 2 aromatic carbocycles. The van der Waals surface area contributed by atoms with Gasteiger partial charge in [-0.15, -0.1) is 0 Å². The van der Waals surface area contributed by atoms with Crippen molar-refractivity contribution in [3.8, 4) is 17.2 Å². The third-order valence-electron chi connectivity index (χ3n) is 3.43. The topological polar surface area (TPSA) is 39.7 Å². The van der Waals surface area contributed by atoms with Gasteiger partial charge in [-0.2, -0.15) is 0 Å². The first-order chi connectivity index (χ1) is 10.6. The van der Waals surface area contributed by atoms with Crippen LogP contribution in [0.4, 0.5) is 5.69 Å². The molecule has 0 radical (unpaired) electrons. The monoisotopic (exact) mass is 365 g/mol. The number of aryl methyl sites for hydroxylation is 1. The number of hydrogen-bond acceptors (Lipinski definition) is 4. The van der Waals surface area contributed by atoms with Crippen molar-refractivity contribution in [2.24, 2.45) is 0 Å². The number of rotatable bonds is 6. The first-order valence-corrected chi connectivity index (χ1v) is 7.67. The van der Waals surface area contributed by atoms with Crippen LogP contribution in [-0.4, -0.2) is 21.3 Å². The predicted molar refractivity (Wildman–Crippen MR) is 92.3 cm³/mol. The molecule has 0 spiro atoms. The number of ether oxygens (including phenoxy) is 3. The van der Waals surface area contributed by atoms with Crippen molar-refractivity contribution in [2.75, 3.05) is 26.6 Å². The van der Waals surface area contributed by atoms with E-state index in [1.165, 1.54) is 5.56 Å². The fourth-order valence-electron chi connectivity index (χ4n) is 2.18.